The lowest BCUT2D eigenvalue weighted by atomic mass is 10.3. The minimum Gasteiger partial charge on any atom is -0.357 e. The van der Waals surface area contributed by atoms with Gasteiger partial charge in [-0.3, -0.25) is 0 Å². The quantitative estimate of drug-likeness (QED) is 0.741. The normalized spacial score (nSPS) is 11.3. The predicted octanol–water partition coefficient (Wildman–Crippen LogP) is 4.81. The molecule has 0 aliphatic carbocycles. The van der Waals surface area contributed by atoms with Crippen molar-refractivity contribution in [2.75, 3.05) is 17.7 Å². The molecule has 0 spiro atoms. The molecule has 0 bridgehead atoms. The third-order valence-electron chi connectivity index (χ3n) is 2.43. The van der Waals surface area contributed by atoms with Crippen LogP contribution in [0.3, 0.4) is 0 Å². The number of hydrogen-bond acceptors (Lipinski definition) is 4. The summed E-state index contributed by atoms with van der Waals surface area (Å²) in [5.74, 6) is -0.0646. The van der Waals surface area contributed by atoms with Crippen LogP contribution in [0.15, 0.2) is 33.2 Å². The molecule has 0 radical (unpaired) electrons. The van der Waals surface area contributed by atoms with Crippen molar-refractivity contribution >= 4 is 49.3 Å². The molecule has 0 fully saturated rings. The summed E-state index contributed by atoms with van der Waals surface area (Å²) in [7, 11) is 1.45. The number of nitrogens with one attached hydrogen (secondary N) is 2. The van der Waals surface area contributed by atoms with Crippen molar-refractivity contribution in [2.45, 2.75) is 6.18 Å². The average molecular weight is 426 g/mol. The van der Waals surface area contributed by atoms with Crippen molar-refractivity contribution < 1.29 is 13.2 Å². The molecule has 21 heavy (non-hydrogen) atoms. The Morgan fingerprint density at radius 3 is 2.38 bits per heavy atom. The van der Waals surface area contributed by atoms with Crippen LogP contribution < -0.4 is 10.6 Å². The van der Waals surface area contributed by atoms with E-state index in [2.05, 4.69) is 52.5 Å². The highest BCUT2D eigenvalue weighted by Gasteiger charge is 2.33. The number of nitrogens with zero attached hydrogens (tertiary/aromatic N) is 2. The van der Waals surface area contributed by atoms with Crippen molar-refractivity contribution in [3.8, 4) is 0 Å². The fourth-order valence-electron chi connectivity index (χ4n) is 1.50. The molecule has 0 atom stereocenters. The Bertz CT molecular complexity index is 661. The molecule has 0 saturated heterocycles. The van der Waals surface area contributed by atoms with Gasteiger partial charge in [-0.15, -0.1) is 0 Å². The average Bonchev–Trinajstić information content (AvgIpc) is 2.40. The first kappa shape index (κ1) is 16.0. The van der Waals surface area contributed by atoms with Gasteiger partial charge in [0, 0.05) is 22.1 Å². The molecule has 112 valence electrons. The zero-order valence-electron chi connectivity index (χ0n) is 10.6. The third kappa shape index (κ3) is 4.07. The van der Waals surface area contributed by atoms with Crippen molar-refractivity contribution in [2.24, 2.45) is 0 Å². The van der Waals surface area contributed by atoms with Crippen LogP contribution in [0.25, 0.3) is 0 Å². The molecular weight excluding hydrogens is 417 g/mol. The first-order chi connectivity index (χ1) is 9.79. The van der Waals surface area contributed by atoms with Crippen LogP contribution in [0.5, 0.6) is 0 Å². The molecule has 0 saturated carbocycles. The summed E-state index contributed by atoms with van der Waals surface area (Å²) >= 11 is 6.62. The van der Waals surface area contributed by atoms with E-state index in [9.17, 15) is 13.2 Å². The zero-order valence-corrected chi connectivity index (χ0v) is 13.8. The first-order valence-electron chi connectivity index (χ1n) is 5.65. The lowest BCUT2D eigenvalue weighted by molar-refractivity contribution is -0.141. The number of rotatable bonds is 3. The summed E-state index contributed by atoms with van der Waals surface area (Å²) < 4.78 is 39.9. The van der Waals surface area contributed by atoms with E-state index in [0.717, 1.165) is 10.5 Å². The van der Waals surface area contributed by atoms with E-state index in [1.54, 1.807) is 18.2 Å². The van der Waals surface area contributed by atoms with Gasteiger partial charge in [-0.05, 0) is 34.1 Å². The number of anilines is 3. The summed E-state index contributed by atoms with van der Waals surface area (Å²) in [6.45, 7) is 0. The molecule has 9 heteroatoms. The molecule has 1 aromatic heterocycles. The maximum Gasteiger partial charge on any atom is 0.433 e. The molecule has 4 nitrogen and oxygen atoms in total. The Balaban J connectivity index is 2.39. The molecule has 2 rings (SSSR count). The smallest absolute Gasteiger partial charge is 0.357 e. The third-order valence-corrected chi connectivity index (χ3v) is 3.58. The van der Waals surface area contributed by atoms with Gasteiger partial charge in [0.15, 0.2) is 5.69 Å². The highest BCUT2D eigenvalue weighted by atomic mass is 79.9. The van der Waals surface area contributed by atoms with Crippen molar-refractivity contribution in [3.05, 3.63) is 38.9 Å². The zero-order chi connectivity index (χ0) is 15.6. The van der Waals surface area contributed by atoms with Crippen LogP contribution in [0.2, 0.25) is 0 Å². The van der Waals surface area contributed by atoms with Crippen LogP contribution in [0.1, 0.15) is 5.69 Å². The molecule has 1 aromatic carbocycles. The van der Waals surface area contributed by atoms with Gasteiger partial charge in [0.1, 0.15) is 5.82 Å². The summed E-state index contributed by atoms with van der Waals surface area (Å²) in [5, 5.41) is 5.34. The van der Waals surface area contributed by atoms with Crippen LogP contribution >= 0.6 is 31.9 Å². The first-order valence-corrected chi connectivity index (χ1v) is 7.24. The summed E-state index contributed by atoms with van der Waals surface area (Å²) in [6, 6.07) is 6.10. The van der Waals surface area contributed by atoms with E-state index in [-0.39, 0.29) is 11.8 Å². The predicted molar refractivity (Wildman–Crippen MR) is 81.7 cm³/mol. The highest BCUT2D eigenvalue weighted by Crippen LogP contribution is 2.32. The molecule has 1 heterocycles. The number of hydrogen-bond donors (Lipinski definition) is 2. The van der Waals surface area contributed by atoms with E-state index in [4.69, 9.17) is 0 Å². The minimum absolute atomic E-state index is 0.0460. The van der Waals surface area contributed by atoms with Crippen molar-refractivity contribution in [3.63, 3.8) is 0 Å². The molecule has 2 N–H and O–H groups in total. The van der Waals surface area contributed by atoms with E-state index in [1.807, 2.05) is 0 Å². The Labute approximate surface area is 135 Å². The van der Waals surface area contributed by atoms with Gasteiger partial charge >= 0.3 is 6.18 Å². The summed E-state index contributed by atoms with van der Waals surface area (Å²) in [4.78, 5) is 7.35. The fraction of sp³-hybridized carbons (Fsp3) is 0.167. The monoisotopic (exact) mass is 424 g/mol. The minimum atomic E-state index is -4.54. The molecular formula is C12H9Br2F3N4. The number of aromatic nitrogens is 2. The molecule has 0 aliphatic rings. The second kappa shape index (κ2) is 6.18. The van der Waals surface area contributed by atoms with Gasteiger partial charge in [-0.25, -0.2) is 4.98 Å². The number of alkyl halides is 3. The van der Waals surface area contributed by atoms with E-state index in [0.29, 0.717) is 10.2 Å². The summed E-state index contributed by atoms with van der Waals surface area (Å²) in [6.07, 6.45) is -4.54. The lowest BCUT2D eigenvalue weighted by Crippen LogP contribution is -2.12. The number of benzene rings is 1. The Morgan fingerprint density at radius 2 is 1.81 bits per heavy atom. The van der Waals surface area contributed by atoms with E-state index in [1.165, 1.54) is 7.05 Å². The van der Waals surface area contributed by atoms with Gasteiger partial charge in [0.2, 0.25) is 5.95 Å². The largest absolute Gasteiger partial charge is 0.433 e. The highest BCUT2D eigenvalue weighted by molar-refractivity contribution is 9.11. The SMILES string of the molecule is CNc1nc(Nc2ccc(Br)cc2Br)cc(C(F)(F)F)n1. The maximum atomic E-state index is 12.8. The lowest BCUT2D eigenvalue weighted by Gasteiger charge is -2.12. The standard InChI is InChI=1S/C12H9Br2F3N4/c1-18-11-20-9(12(15,16)17)5-10(21-11)19-8-3-2-6(13)4-7(8)14/h2-5H,1H3,(H2,18,19,20,21). The Kier molecular flexibility index (Phi) is 4.72. The van der Waals surface area contributed by atoms with Gasteiger partial charge in [-0.2, -0.15) is 18.2 Å². The fourth-order valence-corrected chi connectivity index (χ4v) is 2.64. The molecule has 0 unspecified atom stereocenters. The molecule has 0 aliphatic heterocycles. The second-order valence-corrected chi connectivity index (χ2v) is 5.73. The Morgan fingerprint density at radius 1 is 1.10 bits per heavy atom. The Hall–Kier alpha value is -1.35. The van der Waals surface area contributed by atoms with Gasteiger partial charge in [0.25, 0.3) is 0 Å². The van der Waals surface area contributed by atoms with Crippen LogP contribution in [0.4, 0.5) is 30.6 Å². The second-order valence-electron chi connectivity index (χ2n) is 3.96. The summed E-state index contributed by atoms with van der Waals surface area (Å²) in [5.41, 5.74) is -0.426. The van der Waals surface area contributed by atoms with Crippen LogP contribution in [-0.2, 0) is 6.18 Å². The molecule has 2 aromatic rings. The number of halogens is 5. The van der Waals surface area contributed by atoms with Gasteiger partial charge < -0.3 is 10.6 Å². The van der Waals surface area contributed by atoms with Gasteiger partial charge in [0.05, 0.1) is 5.69 Å². The maximum absolute atomic E-state index is 12.8. The van der Waals surface area contributed by atoms with Crippen LogP contribution in [-0.4, -0.2) is 17.0 Å². The van der Waals surface area contributed by atoms with Crippen LogP contribution in [0, 0.1) is 0 Å². The molecule has 0 amide bonds. The topological polar surface area (TPSA) is 49.8 Å². The van der Waals surface area contributed by atoms with Gasteiger partial charge in [-0.1, -0.05) is 15.9 Å². The van der Waals surface area contributed by atoms with Crippen molar-refractivity contribution in [1.82, 2.24) is 9.97 Å². The van der Waals surface area contributed by atoms with Crippen molar-refractivity contribution in [1.29, 1.82) is 0 Å². The van der Waals surface area contributed by atoms with E-state index >= 15 is 0 Å². The van der Waals surface area contributed by atoms with E-state index < -0.39 is 11.9 Å².